The normalized spacial score (nSPS) is 11.5. The Bertz CT molecular complexity index is 413. The highest BCUT2D eigenvalue weighted by Crippen LogP contribution is 2.23. The van der Waals surface area contributed by atoms with E-state index in [1.165, 1.54) is 12.1 Å². The van der Waals surface area contributed by atoms with Crippen LogP contribution in [0.25, 0.3) is 0 Å². The monoisotopic (exact) mass is 203 g/mol. The maximum absolute atomic E-state index is 10.6. The van der Waals surface area contributed by atoms with E-state index in [1.807, 2.05) is 0 Å². The van der Waals surface area contributed by atoms with E-state index in [0.717, 1.165) is 6.07 Å². The lowest BCUT2D eigenvalue weighted by atomic mass is 10.2. The van der Waals surface area contributed by atoms with Crippen molar-refractivity contribution in [1.82, 2.24) is 0 Å². The second-order valence-corrected chi connectivity index (χ2v) is 4.23. The molecule has 1 aromatic rings. The van der Waals surface area contributed by atoms with E-state index in [1.54, 1.807) is 0 Å². The molecule has 0 fully saturated rings. The van der Waals surface area contributed by atoms with E-state index >= 15 is 0 Å². The van der Waals surface area contributed by atoms with Crippen molar-refractivity contribution in [1.29, 1.82) is 0 Å². The van der Waals surface area contributed by atoms with Crippen LogP contribution in [0.15, 0.2) is 18.2 Å². The third-order valence-corrected chi connectivity index (χ3v) is 2.14. The molecular formula is C7H9NO4S. The van der Waals surface area contributed by atoms with Crippen molar-refractivity contribution in [2.75, 3.05) is 0 Å². The van der Waals surface area contributed by atoms with Crippen LogP contribution in [0.2, 0.25) is 0 Å². The van der Waals surface area contributed by atoms with Gasteiger partial charge in [0.25, 0.3) is 0 Å². The van der Waals surface area contributed by atoms with Gasteiger partial charge >= 0.3 is 0 Å². The topological polar surface area (TPSA) is 101 Å². The van der Waals surface area contributed by atoms with Crippen molar-refractivity contribution in [3.8, 4) is 11.5 Å². The maximum Gasteiger partial charge on any atom is 0.213 e. The predicted molar refractivity (Wildman–Crippen MR) is 46.6 cm³/mol. The molecule has 0 heterocycles. The molecule has 0 aliphatic rings. The minimum atomic E-state index is -3.65. The summed E-state index contributed by atoms with van der Waals surface area (Å²) >= 11 is 0. The van der Waals surface area contributed by atoms with Gasteiger partial charge in [0.2, 0.25) is 10.0 Å². The second kappa shape index (κ2) is 3.23. The highest BCUT2D eigenvalue weighted by Gasteiger charge is 2.09. The Hall–Kier alpha value is -1.27. The lowest BCUT2D eigenvalue weighted by Crippen LogP contribution is -2.14. The van der Waals surface area contributed by atoms with Crippen molar-refractivity contribution in [3.63, 3.8) is 0 Å². The van der Waals surface area contributed by atoms with E-state index in [4.69, 9.17) is 10.2 Å². The zero-order valence-corrected chi connectivity index (χ0v) is 7.45. The first-order valence-corrected chi connectivity index (χ1v) is 5.11. The number of hydrogen-bond donors (Lipinski definition) is 3. The van der Waals surface area contributed by atoms with Gasteiger partial charge < -0.3 is 10.2 Å². The number of primary sulfonamides is 1. The predicted octanol–water partition coefficient (Wildman–Crippen LogP) is -0.114. The Morgan fingerprint density at radius 3 is 2.38 bits per heavy atom. The van der Waals surface area contributed by atoms with Gasteiger partial charge in [0.15, 0.2) is 0 Å². The fourth-order valence-electron chi connectivity index (χ4n) is 0.891. The summed E-state index contributed by atoms with van der Waals surface area (Å²) in [4.78, 5) is 0. The van der Waals surface area contributed by atoms with Crippen molar-refractivity contribution in [2.45, 2.75) is 5.75 Å². The van der Waals surface area contributed by atoms with Crippen LogP contribution in [0.3, 0.4) is 0 Å². The quantitative estimate of drug-likeness (QED) is 0.624. The molecule has 0 aliphatic heterocycles. The minimum absolute atomic E-state index is 0.129. The van der Waals surface area contributed by atoms with Crippen LogP contribution in [0.5, 0.6) is 11.5 Å². The number of benzene rings is 1. The van der Waals surface area contributed by atoms with Crippen molar-refractivity contribution < 1.29 is 18.6 Å². The molecular weight excluding hydrogens is 194 g/mol. The van der Waals surface area contributed by atoms with Crippen molar-refractivity contribution in [3.05, 3.63) is 23.8 Å². The van der Waals surface area contributed by atoms with Gasteiger partial charge in [0, 0.05) is 11.6 Å². The zero-order chi connectivity index (χ0) is 10.1. The van der Waals surface area contributed by atoms with Crippen LogP contribution in [-0.2, 0) is 15.8 Å². The van der Waals surface area contributed by atoms with Gasteiger partial charge in [-0.15, -0.1) is 0 Å². The highest BCUT2D eigenvalue weighted by molar-refractivity contribution is 7.88. The molecule has 0 amide bonds. The molecule has 72 valence electrons. The first-order chi connectivity index (χ1) is 5.88. The van der Waals surface area contributed by atoms with Gasteiger partial charge in [-0.1, -0.05) is 6.07 Å². The van der Waals surface area contributed by atoms with Gasteiger partial charge in [-0.25, -0.2) is 13.6 Å². The van der Waals surface area contributed by atoms with Gasteiger partial charge in [-0.05, 0) is 6.07 Å². The smallest absolute Gasteiger partial charge is 0.213 e. The Morgan fingerprint density at radius 2 is 1.92 bits per heavy atom. The lowest BCUT2D eigenvalue weighted by Gasteiger charge is -2.02. The van der Waals surface area contributed by atoms with E-state index in [-0.39, 0.29) is 17.1 Å². The van der Waals surface area contributed by atoms with Crippen LogP contribution in [-0.4, -0.2) is 18.6 Å². The van der Waals surface area contributed by atoms with Gasteiger partial charge in [0.05, 0.1) is 5.75 Å². The fraction of sp³-hybridized carbons (Fsp3) is 0.143. The molecule has 13 heavy (non-hydrogen) atoms. The molecule has 0 atom stereocenters. The van der Waals surface area contributed by atoms with E-state index in [9.17, 15) is 13.5 Å². The standard InChI is InChI=1S/C7H9NO4S/c8-13(11,12)4-5-1-2-6(9)3-7(5)10/h1-3,9-10H,4H2,(H2,8,11,12). The number of phenols is 2. The Kier molecular flexibility index (Phi) is 2.44. The molecule has 1 aromatic carbocycles. The summed E-state index contributed by atoms with van der Waals surface area (Å²) in [7, 11) is -3.65. The molecule has 4 N–H and O–H groups in total. The maximum atomic E-state index is 10.6. The summed E-state index contributed by atoms with van der Waals surface area (Å²) in [5.74, 6) is -0.858. The Morgan fingerprint density at radius 1 is 1.31 bits per heavy atom. The first-order valence-electron chi connectivity index (χ1n) is 3.40. The van der Waals surface area contributed by atoms with Gasteiger partial charge in [0.1, 0.15) is 11.5 Å². The van der Waals surface area contributed by atoms with Crippen LogP contribution in [0, 0.1) is 0 Å². The summed E-state index contributed by atoms with van der Waals surface area (Å²) < 4.78 is 21.3. The molecule has 6 heteroatoms. The molecule has 0 aliphatic carbocycles. The second-order valence-electron chi connectivity index (χ2n) is 2.62. The van der Waals surface area contributed by atoms with Crippen molar-refractivity contribution in [2.24, 2.45) is 5.14 Å². The molecule has 0 radical (unpaired) electrons. The largest absolute Gasteiger partial charge is 0.508 e. The molecule has 0 bridgehead atoms. The fourth-order valence-corrected chi connectivity index (χ4v) is 1.57. The van der Waals surface area contributed by atoms with Crippen molar-refractivity contribution >= 4 is 10.0 Å². The SMILES string of the molecule is NS(=O)(=O)Cc1ccc(O)cc1O. The third kappa shape index (κ3) is 2.92. The van der Waals surface area contributed by atoms with Crippen LogP contribution >= 0.6 is 0 Å². The number of phenolic OH excluding ortho intramolecular Hbond substituents is 2. The molecule has 5 nitrogen and oxygen atoms in total. The molecule has 0 unspecified atom stereocenters. The summed E-state index contributed by atoms with van der Waals surface area (Å²) in [6.45, 7) is 0. The Balaban J connectivity index is 3.04. The molecule has 0 spiro atoms. The highest BCUT2D eigenvalue weighted by atomic mass is 32.2. The van der Waals surface area contributed by atoms with Crippen LogP contribution < -0.4 is 5.14 Å². The summed E-state index contributed by atoms with van der Waals surface area (Å²) in [6, 6.07) is 3.63. The van der Waals surface area contributed by atoms with E-state index < -0.39 is 15.8 Å². The van der Waals surface area contributed by atoms with Gasteiger partial charge in [-0.3, -0.25) is 0 Å². The molecule has 0 saturated heterocycles. The molecule has 0 saturated carbocycles. The molecule has 0 aromatic heterocycles. The third-order valence-electron chi connectivity index (χ3n) is 1.43. The number of sulfonamides is 1. The molecule has 1 rings (SSSR count). The number of aromatic hydroxyl groups is 2. The van der Waals surface area contributed by atoms with E-state index in [0.29, 0.717) is 0 Å². The number of hydrogen-bond acceptors (Lipinski definition) is 4. The Labute approximate surface area is 75.5 Å². The lowest BCUT2D eigenvalue weighted by molar-refractivity contribution is 0.447. The average molecular weight is 203 g/mol. The minimum Gasteiger partial charge on any atom is -0.508 e. The zero-order valence-electron chi connectivity index (χ0n) is 6.64. The van der Waals surface area contributed by atoms with Crippen LogP contribution in [0.1, 0.15) is 5.56 Å². The number of nitrogens with two attached hydrogens (primary N) is 1. The summed E-state index contributed by atoms with van der Waals surface area (Å²) in [6.07, 6.45) is 0. The van der Waals surface area contributed by atoms with E-state index in [2.05, 4.69) is 0 Å². The van der Waals surface area contributed by atoms with Crippen LogP contribution in [0.4, 0.5) is 0 Å². The van der Waals surface area contributed by atoms with Gasteiger partial charge in [-0.2, -0.15) is 0 Å². The first kappa shape index (κ1) is 9.82. The number of rotatable bonds is 2. The average Bonchev–Trinajstić information content (AvgIpc) is 1.93. The summed E-state index contributed by atoms with van der Waals surface area (Å²) in [5.41, 5.74) is 0.167. The summed E-state index contributed by atoms with van der Waals surface area (Å²) in [5, 5.41) is 22.8.